The third kappa shape index (κ3) is 23.0. The van der Waals surface area contributed by atoms with Crippen LogP contribution in [-0.4, -0.2) is 35.9 Å². The highest BCUT2D eigenvalue weighted by Crippen LogP contribution is 2.06. The zero-order valence-electron chi connectivity index (χ0n) is 10.4. The zero-order chi connectivity index (χ0) is 13.2. The molecule has 0 aliphatic rings. The van der Waals surface area contributed by atoms with Gasteiger partial charge < -0.3 is 9.84 Å². The van der Waals surface area contributed by atoms with Gasteiger partial charge in [0.05, 0.1) is 12.2 Å². The molecule has 1 N–H and O–H groups in total. The van der Waals surface area contributed by atoms with Gasteiger partial charge in [-0.3, -0.25) is 4.79 Å². The highest BCUT2D eigenvalue weighted by molar-refractivity contribution is 5.70. The summed E-state index contributed by atoms with van der Waals surface area (Å²) in [7, 11) is 0. The molecule has 6 heteroatoms. The maximum absolute atomic E-state index is 10.7. The van der Waals surface area contributed by atoms with E-state index in [4.69, 9.17) is 14.8 Å². The van der Waals surface area contributed by atoms with Crippen LogP contribution < -0.4 is 0 Å². The molecule has 16 heavy (non-hydrogen) atoms. The first-order valence-electron chi connectivity index (χ1n) is 4.84. The van der Waals surface area contributed by atoms with Crippen LogP contribution in [0.5, 0.6) is 0 Å². The van der Waals surface area contributed by atoms with Crippen molar-refractivity contribution in [2.45, 2.75) is 40.2 Å². The molecule has 0 fully saturated rings. The van der Waals surface area contributed by atoms with Gasteiger partial charge in [-0.1, -0.05) is 0 Å². The summed E-state index contributed by atoms with van der Waals surface area (Å²) in [5.41, 5.74) is -0.396. The summed E-state index contributed by atoms with van der Waals surface area (Å²) < 4.78 is 4.61. The average molecular weight is 236 g/mol. The third-order valence-corrected chi connectivity index (χ3v) is 0.791. The molecule has 0 aromatic heterocycles. The number of aliphatic carboxylic acids is 1. The Morgan fingerprint density at radius 3 is 2.00 bits per heavy atom. The first-order valence-corrected chi connectivity index (χ1v) is 4.84. The number of esters is 1. The fourth-order valence-electron chi connectivity index (χ4n) is 0.457. The third-order valence-electron chi connectivity index (χ3n) is 0.791. The lowest BCUT2D eigenvalue weighted by molar-refractivity contribution is -0.344. The van der Waals surface area contributed by atoms with E-state index in [0.29, 0.717) is 6.61 Å². The lowest BCUT2D eigenvalue weighted by atomic mass is 10.2. The van der Waals surface area contributed by atoms with Gasteiger partial charge in [0.1, 0.15) is 0 Å². The summed E-state index contributed by atoms with van der Waals surface area (Å²) in [4.78, 5) is 29.2. The van der Waals surface area contributed by atoms with Crippen LogP contribution >= 0.6 is 0 Å². The Labute approximate surface area is 95.4 Å². The van der Waals surface area contributed by atoms with Gasteiger partial charge in [-0.15, -0.1) is 0 Å². The van der Waals surface area contributed by atoms with E-state index in [1.54, 1.807) is 6.92 Å². The summed E-state index contributed by atoms with van der Waals surface area (Å²) in [6.45, 7) is 8.51. The molecule has 96 valence electrons. The van der Waals surface area contributed by atoms with Gasteiger partial charge >= 0.3 is 5.97 Å². The van der Waals surface area contributed by atoms with E-state index in [-0.39, 0.29) is 6.61 Å². The maximum atomic E-state index is 10.7. The molecule has 0 bridgehead atoms. The van der Waals surface area contributed by atoms with Gasteiger partial charge in [-0.05, 0) is 27.7 Å². The summed E-state index contributed by atoms with van der Waals surface area (Å²) in [5.74, 6) is -1.25. The van der Waals surface area contributed by atoms with Crippen molar-refractivity contribution >= 4 is 11.9 Å². The Hall–Kier alpha value is -1.14. The Bertz CT molecular complexity index is 202. The molecule has 0 amide bonds. The number of carboxylic acid groups (broad SMARTS) is 1. The van der Waals surface area contributed by atoms with Crippen molar-refractivity contribution in [2.75, 3.05) is 13.2 Å². The predicted molar refractivity (Wildman–Crippen MR) is 56.7 cm³/mol. The first-order chi connectivity index (χ1) is 7.19. The molecule has 0 spiro atoms. The van der Waals surface area contributed by atoms with Gasteiger partial charge in [-0.2, -0.15) is 0 Å². The van der Waals surface area contributed by atoms with E-state index >= 15 is 0 Å². The van der Waals surface area contributed by atoms with Gasteiger partial charge in [0.15, 0.2) is 6.61 Å². The van der Waals surface area contributed by atoms with E-state index in [1.807, 2.05) is 20.8 Å². The van der Waals surface area contributed by atoms with Gasteiger partial charge in [0, 0.05) is 6.92 Å². The minimum atomic E-state index is -0.833. The molecule has 0 rings (SSSR count). The Morgan fingerprint density at radius 1 is 1.25 bits per heavy atom. The topological polar surface area (TPSA) is 82.1 Å². The minimum absolute atomic E-state index is 0.162. The number of ether oxygens (including phenoxy) is 1. The second-order valence-electron chi connectivity index (χ2n) is 3.78. The van der Waals surface area contributed by atoms with Crippen LogP contribution in [0.25, 0.3) is 0 Å². The largest absolute Gasteiger partial charge is 0.481 e. The van der Waals surface area contributed by atoms with Crippen molar-refractivity contribution in [3.05, 3.63) is 0 Å². The molecular weight excluding hydrogens is 216 g/mol. The second-order valence-corrected chi connectivity index (χ2v) is 3.78. The first kappa shape index (κ1) is 17.3. The summed E-state index contributed by atoms with van der Waals surface area (Å²) in [6, 6.07) is 0. The van der Waals surface area contributed by atoms with Crippen LogP contribution in [0.3, 0.4) is 0 Å². The summed E-state index contributed by atoms with van der Waals surface area (Å²) >= 11 is 0. The molecule has 0 aliphatic carbocycles. The fraction of sp³-hybridized carbons (Fsp3) is 0.800. The smallest absolute Gasteiger partial charge is 0.335 e. The van der Waals surface area contributed by atoms with E-state index in [0.717, 1.165) is 6.92 Å². The summed E-state index contributed by atoms with van der Waals surface area (Å²) in [6.07, 6.45) is 0. The number of hydrogen-bond acceptors (Lipinski definition) is 5. The molecule has 0 aromatic carbocycles. The van der Waals surface area contributed by atoms with Crippen LogP contribution in [0.4, 0.5) is 0 Å². The predicted octanol–water partition coefficient (Wildman–Crippen LogP) is 1.39. The Balaban J connectivity index is 0. The lowest BCUT2D eigenvalue weighted by Gasteiger charge is -2.16. The van der Waals surface area contributed by atoms with Crippen LogP contribution in [-0.2, 0) is 24.1 Å². The highest BCUT2D eigenvalue weighted by Gasteiger charge is 2.12. The Kier molecular flexibility index (Phi) is 9.83. The average Bonchev–Trinajstić information content (AvgIpc) is 2.00. The van der Waals surface area contributed by atoms with Crippen molar-refractivity contribution in [1.29, 1.82) is 0 Å². The number of rotatable bonds is 4. The number of carboxylic acids is 1. The number of hydrogen-bond donors (Lipinski definition) is 1. The second kappa shape index (κ2) is 9.11. The van der Waals surface area contributed by atoms with Crippen molar-refractivity contribution in [3.8, 4) is 0 Å². The van der Waals surface area contributed by atoms with Gasteiger partial charge in [0.2, 0.25) is 0 Å². The van der Waals surface area contributed by atoms with Gasteiger partial charge in [0.25, 0.3) is 5.97 Å². The highest BCUT2D eigenvalue weighted by atomic mass is 17.2. The van der Waals surface area contributed by atoms with E-state index in [1.165, 1.54) is 0 Å². The lowest BCUT2D eigenvalue weighted by Crippen LogP contribution is -2.22. The molecule has 0 aliphatic heterocycles. The van der Waals surface area contributed by atoms with Crippen molar-refractivity contribution in [2.24, 2.45) is 0 Å². The molecule has 0 heterocycles. The van der Waals surface area contributed by atoms with E-state index in [2.05, 4.69) is 9.62 Å². The fourth-order valence-corrected chi connectivity index (χ4v) is 0.457. The standard InChI is InChI=1S/C8H16O4.C2H4O2/c1-5-10-7(9)6-11-12-8(2,3)4;1-2(3)4/h5-6H2,1-4H3;1H3,(H,3,4). The molecule has 0 radical (unpaired) electrons. The van der Waals surface area contributed by atoms with E-state index < -0.39 is 17.5 Å². The summed E-state index contributed by atoms with van der Waals surface area (Å²) in [5, 5.41) is 7.42. The van der Waals surface area contributed by atoms with Crippen LogP contribution in [0, 0.1) is 0 Å². The normalized spacial score (nSPS) is 10.1. The molecule has 0 aromatic rings. The molecule has 6 nitrogen and oxygen atoms in total. The SMILES string of the molecule is CC(=O)O.CCOC(=O)COOC(C)(C)C. The van der Waals surface area contributed by atoms with Crippen LogP contribution in [0.15, 0.2) is 0 Å². The van der Waals surface area contributed by atoms with Gasteiger partial charge in [-0.25, -0.2) is 14.6 Å². The number of carbonyl (C=O) groups excluding carboxylic acids is 1. The molecule has 0 saturated heterocycles. The zero-order valence-corrected chi connectivity index (χ0v) is 10.4. The van der Waals surface area contributed by atoms with E-state index in [9.17, 15) is 4.79 Å². The Morgan fingerprint density at radius 2 is 1.69 bits per heavy atom. The van der Waals surface area contributed by atoms with Crippen molar-refractivity contribution < 1.29 is 29.2 Å². The molecule has 0 unspecified atom stereocenters. The van der Waals surface area contributed by atoms with Crippen molar-refractivity contribution in [3.63, 3.8) is 0 Å². The van der Waals surface area contributed by atoms with Crippen LogP contribution in [0.2, 0.25) is 0 Å². The molecule has 0 saturated carbocycles. The molecule has 0 atom stereocenters. The quantitative estimate of drug-likeness (QED) is 0.451. The monoisotopic (exact) mass is 236 g/mol. The number of carbonyl (C=O) groups is 2. The minimum Gasteiger partial charge on any atom is -0.481 e. The molecular formula is C10H20O6. The van der Waals surface area contributed by atoms with Crippen LogP contribution in [0.1, 0.15) is 34.6 Å². The van der Waals surface area contributed by atoms with Crippen molar-refractivity contribution in [1.82, 2.24) is 0 Å². The maximum Gasteiger partial charge on any atom is 0.335 e.